The monoisotopic (exact) mass is 929 g/mol. The Kier molecular flexibility index (Phi) is 51.5. The molecule has 0 bridgehead atoms. The molecule has 0 amide bonds. The highest BCUT2D eigenvalue weighted by Crippen LogP contribution is 2.14. The highest BCUT2D eigenvalue weighted by molar-refractivity contribution is 5.71. The average Bonchev–Trinajstić information content (AvgIpc) is 3.33. The number of allylic oxidation sites excluding steroid dienone is 18. The minimum atomic E-state index is -0.796. The zero-order valence-corrected chi connectivity index (χ0v) is 43.4. The lowest BCUT2D eigenvalue weighted by Gasteiger charge is -2.18. The van der Waals surface area contributed by atoms with Crippen molar-refractivity contribution in [1.82, 2.24) is 0 Å². The number of hydrogen-bond donors (Lipinski definition) is 0. The van der Waals surface area contributed by atoms with Gasteiger partial charge in [0, 0.05) is 19.3 Å². The van der Waals surface area contributed by atoms with E-state index in [4.69, 9.17) is 14.2 Å². The third kappa shape index (κ3) is 52.9. The predicted octanol–water partition coefficient (Wildman–Crippen LogP) is 18.3. The molecule has 1 unspecified atom stereocenters. The third-order valence-corrected chi connectivity index (χ3v) is 11.3. The summed E-state index contributed by atoms with van der Waals surface area (Å²) in [6, 6.07) is 0. The molecule has 0 aromatic heterocycles. The van der Waals surface area contributed by atoms with Crippen LogP contribution in [-0.4, -0.2) is 37.2 Å². The van der Waals surface area contributed by atoms with E-state index in [1.54, 1.807) is 0 Å². The van der Waals surface area contributed by atoms with Gasteiger partial charge in [-0.15, -0.1) is 0 Å². The summed E-state index contributed by atoms with van der Waals surface area (Å²) >= 11 is 0. The van der Waals surface area contributed by atoms with Gasteiger partial charge in [0.15, 0.2) is 6.10 Å². The normalized spacial score (nSPS) is 12.9. The molecule has 0 aliphatic carbocycles. The molecule has 0 fully saturated rings. The first-order valence-corrected chi connectivity index (χ1v) is 27.4. The van der Waals surface area contributed by atoms with Crippen molar-refractivity contribution >= 4 is 17.9 Å². The standard InChI is InChI=1S/C61H100O6/c1-4-7-10-13-16-18-20-22-24-26-28-29-30-31-33-34-36-38-40-42-45-48-51-54-60(63)66-57-58(56-65-59(62)53-50-47-44-15-12-9-6-3)67-61(64)55-52-49-46-43-41-39-37-35-32-27-25-23-21-19-17-14-11-8-5-2/h7-8,10-11,16-19,22-25,28-29,32,35,39,41,58H,4-6,9,12-15,20-21,26-27,30-31,33-34,36-38,40,42-57H2,1-3H3/b10-7-,11-8-,18-16-,19-17-,24-22-,25-23-,29-28-,35-32-,41-39-. The van der Waals surface area contributed by atoms with E-state index in [0.717, 1.165) is 122 Å². The van der Waals surface area contributed by atoms with Crippen LogP contribution in [0.3, 0.4) is 0 Å². The number of ether oxygens (including phenoxy) is 3. The minimum absolute atomic E-state index is 0.0935. The summed E-state index contributed by atoms with van der Waals surface area (Å²) < 4.78 is 16.7. The smallest absolute Gasteiger partial charge is 0.306 e. The van der Waals surface area contributed by atoms with Crippen LogP contribution >= 0.6 is 0 Å². The molecule has 0 aliphatic heterocycles. The van der Waals surface area contributed by atoms with Gasteiger partial charge in [-0.1, -0.05) is 226 Å². The van der Waals surface area contributed by atoms with E-state index in [0.29, 0.717) is 12.8 Å². The molecule has 0 N–H and O–H groups in total. The SMILES string of the molecule is CC/C=C\C/C=C\C/C=C\C/C=C\C/C=C\CCCCCC(=O)OC(COC(=O)CCCCCCCCC)COC(=O)CCCCCCCCCCCC/C=C\C/C=C\C/C=C\C/C=C\CC. The summed E-state index contributed by atoms with van der Waals surface area (Å²) in [7, 11) is 0. The van der Waals surface area contributed by atoms with E-state index in [-0.39, 0.29) is 37.5 Å². The summed E-state index contributed by atoms with van der Waals surface area (Å²) in [5.74, 6) is -0.939. The Labute approximate surface area is 412 Å². The zero-order chi connectivity index (χ0) is 48.6. The van der Waals surface area contributed by atoms with Crippen molar-refractivity contribution in [3.8, 4) is 0 Å². The van der Waals surface area contributed by atoms with Crippen LogP contribution in [0.15, 0.2) is 109 Å². The fraction of sp³-hybridized carbons (Fsp3) is 0.656. The van der Waals surface area contributed by atoms with Crippen molar-refractivity contribution in [1.29, 1.82) is 0 Å². The van der Waals surface area contributed by atoms with Crippen molar-refractivity contribution in [2.24, 2.45) is 0 Å². The van der Waals surface area contributed by atoms with Crippen molar-refractivity contribution < 1.29 is 28.6 Å². The summed E-state index contributed by atoms with van der Waals surface area (Å²) in [6.07, 6.45) is 73.8. The fourth-order valence-electron chi connectivity index (χ4n) is 7.22. The lowest BCUT2D eigenvalue weighted by molar-refractivity contribution is -0.167. The van der Waals surface area contributed by atoms with Gasteiger partial charge in [-0.05, 0) is 103 Å². The van der Waals surface area contributed by atoms with Crippen molar-refractivity contribution in [3.63, 3.8) is 0 Å². The maximum absolute atomic E-state index is 12.8. The first kappa shape index (κ1) is 63.1. The molecular formula is C61H100O6. The molecule has 6 nitrogen and oxygen atoms in total. The van der Waals surface area contributed by atoms with E-state index >= 15 is 0 Å². The lowest BCUT2D eigenvalue weighted by Crippen LogP contribution is -2.30. The number of unbranched alkanes of at least 4 members (excludes halogenated alkanes) is 19. The Balaban J connectivity index is 4.29. The Morgan fingerprint density at radius 2 is 0.582 bits per heavy atom. The van der Waals surface area contributed by atoms with E-state index < -0.39 is 6.10 Å². The molecule has 0 rings (SSSR count). The Bertz CT molecular complexity index is 1390. The van der Waals surface area contributed by atoms with Gasteiger partial charge < -0.3 is 14.2 Å². The maximum Gasteiger partial charge on any atom is 0.306 e. The molecule has 0 radical (unpaired) electrons. The topological polar surface area (TPSA) is 78.9 Å². The van der Waals surface area contributed by atoms with Gasteiger partial charge in [0.2, 0.25) is 0 Å². The number of hydrogen-bond acceptors (Lipinski definition) is 6. The van der Waals surface area contributed by atoms with Crippen LogP contribution in [-0.2, 0) is 28.6 Å². The van der Waals surface area contributed by atoms with Gasteiger partial charge in [-0.25, -0.2) is 0 Å². The Morgan fingerprint density at radius 1 is 0.313 bits per heavy atom. The minimum Gasteiger partial charge on any atom is -0.462 e. The van der Waals surface area contributed by atoms with Crippen molar-refractivity contribution in [2.45, 2.75) is 245 Å². The maximum atomic E-state index is 12.8. The number of carbonyl (C=O) groups is 3. The van der Waals surface area contributed by atoms with Gasteiger partial charge >= 0.3 is 17.9 Å². The Morgan fingerprint density at radius 3 is 0.925 bits per heavy atom. The third-order valence-electron chi connectivity index (χ3n) is 11.3. The van der Waals surface area contributed by atoms with Crippen LogP contribution in [0, 0.1) is 0 Å². The van der Waals surface area contributed by atoms with Gasteiger partial charge in [-0.3, -0.25) is 14.4 Å². The first-order chi connectivity index (χ1) is 33.0. The largest absolute Gasteiger partial charge is 0.462 e. The van der Waals surface area contributed by atoms with Gasteiger partial charge in [-0.2, -0.15) is 0 Å². The molecule has 6 heteroatoms. The van der Waals surface area contributed by atoms with Crippen LogP contribution < -0.4 is 0 Å². The molecule has 0 spiro atoms. The van der Waals surface area contributed by atoms with E-state index in [9.17, 15) is 14.4 Å². The second-order valence-corrected chi connectivity index (χ2v) is 17.7. The van der Waals surface area contributed by atoms with Crippen LogP contribution in [0.5, 0.6) is 0 Å². The quantitative estimate of drug-likeness (QED) is 0.0262. The van der Waals surface area contributed by atoms with Crippen LogP contribution in [0.1, 0.15) is 239 Å². The highest BCUT2D eigenvalue weighted by atomic mass is 16.6. The summed E-state index contributed by atoms with van der Waals surface area (Å²) in [5, 5.41) is 0. The molecule has 0 aromatic rings. The second-order valence-electron chi connectivity index (χ2n) is 17.7. The fourth-order valence-corrected chi connectivity index (χ4v) is 7.22. The molecule has 0 aliphatic rings. The summed E-state index contributed by atoms with van der Waals surface area (Å²) in [4.78, 5) is 37.9. The van der Waals surface area contributed by atoms with E-state index in [2.05, 4.69) is 130 Å². The van der Waals surface area contributed by atoms with Crippen LogP contribution in [0.25, 0.3) is 0 Å². The molecule has 67 heavy (non-hydrogen) atoms. The molecule has 0 aromatic carbocycles. The second kappa shape index (κ2) is 54.7. The molecule has 1 atom stereocenters. The lowest BCUT2D eigenvalue weighted by atomic mass is 10.1. The molecule has 380 valence electrons. The van der Waals surface area contributed by atoms with Crippen LogP contribution in [0.4, 0.5) is 0 Å². The molecule has 0 heterocycles. The van der Waals surface area contributed by atoms with Gasteiger partial charge in [0.1, 0.15) is 13.2 Å². The van der Waals surface area contributed by atoms with E-state index in [1.807, 2.05) is 0 Å². The molecular weight excluding hydrogens is 829 g/mol. The van der Waals surface area contributed by atoms with Crippen LogP contribution in [0.2, 0.25) is 0 Å². The zero-order valence-electron chi connectivity index (χ0n) is 43.4. The predicted molar refractivity (Wildman–Crippen MR) is 288 cm³/mol. The molecule has 0 saturated heterocycles. The Hall–Kier alpha value is -3.93. The first-order valence-electron chi connectivity index (χ1n) is 27.4. The summed E-state index contributed by atoms with van der Waals surface area (Å²) in [5.41, 5.74) is 0. The number of carbonyl (C=O) groups excluding carboxylic acids is 3. The van der Waals surface area contributed by atoms with Gasteiger partial charge in [0.25, 0.3) is 0 Å². The van der Waals surface area contributed by atoms with E-state index in [1.165, 1.54) is 77.0 Å². The molecule has 0 saturated carbocycles. The summed E-state index contributed by atoms with van der Waals surface area (Å²) in [6.45, 7) is 6.33. The number of rotatable bonds is 48. The van der Waals surface area contributed by atoms with Crippen molar-refractivity contribution in [2.75, 3.05) is 13.2 Å². The highest BCUT2D eigenvalue weighted by Gasteiger charge is 2.19. The average molecular weight is 929 g/mol. The van der Waals surface area contributed by atoms with Gasteiger partial charge in [0.05, 0.1) is 0 Å². The number of esters is 3. The van der Waals surface area contributed by atoms with Crippen molar-refractivity contribution in [3.05, 3.63) is 109 Å².